The second-order valence-corrected chi connectivity index (χ2v) is 9.04. The average Bonchev–Trinajstić information content (AvgIpc) is 2.75. The zero-order chi connectivity index (χ0) is 24.7. The van der Waals surface area contributed by atoms with Crippen LogP contribution in [0.15, 0.2) is 48.5 Å². The minimum atomic E-state index is -1.58. The number of carbonyl (C=O) groups excluding carboxylic acids is 2. The number of carboxylic acid groups (broad SMARTS) is 1. The van der Waals surface area contributed by atoms with E-state index in [-0.39, 0.29) is 24.4 Å². The van der Waals surface area contributed by atoms with Gasteiger partial charge in [0.2, 0.25) is 0 Å². The summed E-state index contributed by atoms with van der Waals surface area (Å²) in [6.07, 6.45) is -1.44. The SMILES string of the molecule is CC(C)c1cccc(C(C)C)c1NC(=O)C(NC(=O)O)C(=O)N(Cc1ccccc1)C(C)C. The van der Waals surface area contributed by atoms with Crippen LogP contribution in [0.4, 0.5) is 10.5 Å². The van der Waals surface area contributed by atoms with Gasteiger partial charge in [0.25, 0.3) is 11.8 Å². The fraction of sp³-hybridized carbons (Fsp3) is 0.423. The lowest BCUT2D eigenvalue weighted by molar-refractivity contribution is -0.139. The monoisotopic (exact) mass is 453 g/mol. The predicted molar refractivity (Wildman–Crippen MR) is 130 cm³/mol. The highest BCUT2D eigenvalue weighted by Gasteiger charge is 2.34. The molecule has 2 rings (SSSR count). The van der Waals surface area contributed by atoms with Crippen molar-refractivity contribution in [3.8, 4) is 0 Å². The van der Waals surface area contributed by atoms with Gasteiger partial charge in [-0.1, -0.05) is 76.2 Å². The fourth-order valence-electron chi connectivity index (χ4n) is 3.71. The Kier molecular flexibility index (Phi) is 9.02. The minimum Gasteiger partial charge on any atom is -0.465 e. The van der Waals surface area contributed by atoms with Crippen molar-refractivity contribution in [3.05, 3.63) is 65.2 Å². The molecule has 2 aromatic carbocycles. The van der Waals surface area contributed by atoms with Gasteiger partial charge in [-0.05, 0) is 42.4 Å². The van der Waals surface area contributed by atoms with Gasteiger partial charge >= 0.3 is 6.09 Å². The maximum absolute atomic E-state index is 13.4. The zero-order valence-corrected chi connectivity index (χ0v) is 20.3. The van der Waals surface area contributed by atoms with E-state index in [9.17, 15) is 19.5 Å². The van der Waals surface area contributed by atoms with Crippen molar-refractivity contribution in [3.63, 3.8) is 0 Å². The van der Waals surface area contributed by atoms with Crippen LogP contribution in [0.1, 0.15) is 70.1 Å². The van der Waals surface area contributed by atoms with E-state index in [2.05, 4.69) is 10.6 Å². The molecule has 3 amide bonds. The number of hydrogen-bond donors (Lipinski definition) is 3. The molecule has 1 unspecified atom stereocenters. The summed E-state index contributed by atoms with van der Waals surface area (Å²) in [5, 5.41) is 14.4. The number of rotatable bonds is 9. The maximum Gasteiger partial charge on any atom is 0.405 e. The van der Waals surface area contributed by atoms with Crippen LogP contribution < -0.4 is 10.6 Å². The first-order valence-electron chi connectivity index (χ1n) is 11.3. The second kappa shape index (κ2) is 11.5. The summed E-state index contributed by atoms with van der Waals surface area (Å²) in [7, 11) is 0. The van der Waals surface area contributed by atoms with Crippen LogP contribution in [0.5, 0.6) is 0 Å². The minimum absolute atomic E-state index is 0.130. The fourth-order valence-corrected chi connectivity index (χ4v) is 3.71. The molecule has 0 spiro atoms. The van der Waals surface area contributed by atoms with E-state index in [0.717, 1.165) is 16.7 Å². The molecule has 0 aromatic heterocycles. The van der Waals surface area contributed by atoms with Crippen LogP contribution in [0, 0.1) is 0 Å². The molecule has 3 N–H and O–H groups in total. The first-order chi connectivity index (χ1) is 15.5. The topological polar surface area (TPSA) is 98.7 Å². The van der Waals surface area contributed by atoms with Gasteiger partial charge in [0.05, 0.1) is 0 Å². The van der Waals surface area contributed by atoms with Gasteiger partial charge in [-0.3, -0.25) is 9.59 Å². The Balaban J connectivity index is 2.41. The Labute approximate surface area is 196 Å². The highest BCUT2D eigenvalue weighted by Crippen LogP contribution is 2.32. The number of nitrogens with zero attached hydrogens (tertiary/aromatic N) is 1. The van der Waals surface area contributed by atoms with E-state index in [4.69, 9.17) is 0 Å². The first-order valence-corrected chi connectivity index (χ1v) is 11.3. The van der Waals surface area contributed by atoms with Crippen molar-refractivity contribution in [2.45, 2.75) is 72.0 Å². The normalized spacial score (nSPS) is 12.0. The van der Waals surface area contributed by atoms with Crippen molar-refractivity contribution in [2.75, 3.05) is 5.32 Å². The molecule has 0 aliphatic rings. The van der Waals surface area contributed by atoms with E-state index < -0.39 is 23.9 Å². The predicted octanol–water partition coefficient (Wildman–Crippen LogP) is 4.95. The average molecular weight is 454 g/mol. The first kappa shape index (κ1) is 25.9. The van der Waals surface area contributed by atoms with Gasteiger partial charge in [-0.25, -0.2) is 4.79 Å². The molecule has 0 aliphatic heterocycles. The molecule has 0 fully saturated rings. The Morgan fingerprint density at radius 2 is 1.39 bits per heavy atom. The molecule has 0 aliphatic carbocycles. The molecular weight excluding hydrogens is 418 g/mol. The Morgan fingerprint density at radius 3 is 1.85 bits per heavy atom. The largest absolute Gasteiger partial charge is 0.465 e. The van der Waals surface area contributed by atoms with E-state index >= 15 is 0 Å². The summed E-state index contributed by atoms with van der Waals surface area (Å²) in [6.45, 7) is 12.0. The highest BCUT2D eigenvalue weighted by atomic mass is 16.4. The summed E-state index contributed by atoms with van der Waals surface area (Å²) in [4.78, 5) is 39.8. The van der Waals surface area contributed by atoms with Gasteiger partial charge in [0, 0.05) is 18.3 Å². The lowest BCUT2D eigenvalue weighted by atomic mass is 9.92. The summed E-state index contributed by atoms with van der Waals surface area (Å²) in [6, 6.07) is 13.4. The molecule has 0 heterocycles. The van der Waals surface area contributed by atoms with Gasteiger partial charge in [-0.2, -0.15) is 0 Å². The van der Waals surface area contributed by atoms with Crippen LogP contribution in [-0.2, 0) is 16.1 Å². The Hall–Kier alpha value is -3.35. The molecule has 178 valence electrons. The van der Waals surface area contributed by atoms with Crippen molar-refractivity contribution in [2.24, 2.45) is 0 Å². The molecule has 0 saturated carbocycles. The zero-order valence-electron chi connectivity index (χ0n) is 20.3. The van der Waals surface area contributed by atoms with Crippen LogP contribution in [0.25, 0.3) is 0 Å². The molecule has 0 radical (unpaired) electrons. The molecule has 33 heavy (non-hydrogen) atoms. The number of anilines is 1. The summed E-state index contributed by atoms with van der Waals surface area (Å²) >= 11 is 0. The van der Waals surface area contributed by atoms with Gasteiger partial charge in [-0.15, -0.1) is 0 Å². The molecular formula is C26H35N3O4. The molecule has 0 saturated heterocycles. The smallest absolute Gasteiger partial charge is 0.405 e. The van der Waals surface area contributed by atoms with Crippen LogP contribution >= 0.6 is 0 Å². The van der Waals surface area contributed by atoms with E-state index in [1.165, 1.54) is 4.90 Å². The summed E-state index contributed by atoms with van der Waals surface area (Å²) in [5.41, 5.74) is 3.39. The number of carbonyl (C=O) groups is 3. The summed E-state index contributed by atoms with van der Waals surface area (Å²) in [5.74, 6) is -1.03. The van der Waals surface area contributed by atoms with Crippen LogP contribution in [0.3, 0.4) is 0 Å². The van der Waals surface area contributed by atoms with E-state index in [0.29, 0.717) is 5.69 Å². The van der Waals surface area contributed by atoms with E-state index in [1.54, 1.807) is 0 Å². The molecule has 7 heteroatoms. The van der Waals surface area contributed by atoms with Gasteiger partial charge in [0.15, 0.2) is 6.04 Å². The standard InChI is InChI=1S/C26H35N3O4/c1-16(2)20-13-10-14-21(17(3)4)22(20)27-24(30)23(28-26(32)33)25(31)29(18(5)6)15-19-11-8-7-9-12-19/h7-14,16-18,23,28H,15H2,1-6H3,(H,27,30)(H,32,33). The molecule has 0 bridgehead atoms. The number of hydrogen-bond acceptors (Lipinski definition) is 3. The van der Waals surface area contributed by atoms with Gasteiger partial charge < -0.3 is 20.6 Å². The lowest BCUT2D eigenvalue weighted by Gasteiger charge is -2.30. The number of benzene rings is 2. The number of nitrogens with one attached hydrogen (secondary N) is 2. The summed E-state index contributed by atoms with van der Waals surface area (Å²) < 4.78 is 0. The molecule has 1 atom stereocenters. The third-order valence-electron chi connectivity index (χ3n) is 5.50. The second-order valence-electron chi connectivity index (χ2n) is 9.04. The Morgan fingerprint density at radius 1 is 0.848 bits per heavy atom. The van der Waals surface area contributed by atoms with Crippen molar-refractivity contribution in [1.82, 2.24) is 10.2 Å². The van der Waals surface area contributed by atoms with Crippen LogP contribution in [-0.4, -0.2) is 40.0 Å². The molecule has 7 nitrogen and oxygen atoms in total. The van der Waals surface area contributed by atoms with Crippen molar-refractivity contribution < 1.29 is 19.5 Å². The van der Waals surface area contributed by atoms with Crippen molar-refractivity contribution in [1.29, 1.82) is 0 Å². The molecule has 2 aromatic rings. The van der Waals surface area contributed by atoms with Crippen molar-refractivity contribution >= 4 is 23.6 Å². The van der Waals surface area contributed by atoms with Crippen LogP contribution in [0.2, 0.25) is 0 Å². The third-order valence-corrected chi connectivity index (χ3v) is 5.50. The quantitative estimate of drug-likeness (QED) is 0.468. The maximum atomic E-state index is 13.4. The number of amides is 3. The lowest BCUT2D eigenvalue weighted by Crippen LogP contribution is -2.55. The highest BCUT2D eigenvalue weighted by molar-refractivity contribution is 6.12. The van der Waals surface area contributed by atoms with Gasteiger partial charge in [0.1, 0.15) is 0 Å². The third kappa shape index (κ3) is 6.81. The van der Waals surface area contributed by atoms with E-state index in [1.807, 2.05) is 90.1 Å². The Bertz CT molecular complexity index is 945. The number of para-hydroxylation sites is 1.